The lowest BCUT2D eigenvalue weighted by Crippen LogP contribution is -2.15. The van der Waals surface area contributed by atoms with Gasteiger partial charge in [-0.05, 0) is 32.9 Å². The molecule has 0 aliphatic carbocycles. The summed E-state index contributed by atoms with van der Waals surface area (Å²) < 4.78 is 0. The molecule has 0 aliphatic rings. The van der Waals surface area contributed by atoms with Crippen molar-refractivity contribution >= 4 is 28.8 Å². The average Bonchev–Trinajstić information content (AvgIpc) is 2.84. The predicted molar refractivity (Wildman–Crippen MR) is 82.3 cm³/mol. The molecule has 2 heterocycles. The van der Waals surface area contributed by atoms with E-state index in [1.807, 2.05) is 26.0 Å². The molecule has 1 unspecified atom stereocenters. The number of thiophene rings is 1. The minimum Gasteiger partial charge on any atom is -0.357 e. The molecule has 8 nitrogen and oxygen atoms in total. The van der Waals surface area contributed by atoms with Crippen molar-refractivity contribution < 1.29 is 4.92 Å². The number of nitro groups is 1. The standard InChI is InChI=1S/C12H16N6O2S/c1-6-4-5-9(21-6)7(2)14-11-10(18(19)20)8(3)15-12(16-11)17-13/h4-5,7H,13H2,1-3H3,(H2,14,15,16,17). The van der Waals surface area contributed by atoms with Crippen LogP contribution < -0.4 is 16.6 Å². The Morgan fingerprint density at radius 1 is 1.38 bits per heavy atom. The van der Waals surface area contributed by atoms with Gasteiger partial charge in [-0.1, -0.05) is 0 Å². The van der Waals surface area contributed by atoms with Gasteiger partial charge in [-0.3, -0.25) is 15.5 Å². The van der Waals surface area contributed by atoms with Gasteiger partial charge in [0.05, 0.1) is 11.0 Å². The molecule has 0 saturated heterocycles. The fourth-order valence-electron chi connectivity index (χ4n) is 1.91. The Bertz CT molecular complexity index is 672. The lowest BCUT2D eigenvalue weighted by molar-refractivity contribution is -0.385. The van der Waals surface area contributed by atoms with Gasteiger partial charge in [-0.25, -0.2) is 10.8 Å². The first-order valence-electron chi connectivity index (χ1n) is 6.25. The van der Waals surface area contributed by atoms with Crippen molar-refractivity contribution in [3.8, 4) is 0 Å². The Morgan fingerprint density at radius 3 is 2.62 bits per heavy atom. The van der Waals surface area contributed by atoms with Gasteiger partial charge in [-0.2, -0.15) is 4.98 Å². The molecule has 0 amide bonds. The molecular formula is C12H16N6O2S. The largest absolute Gasteiger partial charge is 0.357 e. The van der Waals surface area contributed by atoms with E-state index < -0.39 is 4.92 Å². The number of aryl methyl sites for hydroxylation is 2. The third-order valence-electron chi connectivity index (χ3n) is 2.91. The number of rotatable bonds is 5. The maximum Gasteiger partial charge on any atom is 0.332 e. The summed E-state index contributed by atoms with van der Waals surface area (Å²) in [6.07, 6.45) is 0. The summed E-state index contributed by atoms with van der Waals surface area (Å²) in [7, 11) is 0. The smallest absolute Gasteiger partial charge is 0.332 e. The van der Waals surface area contributed by atoms with Gasteiger partial charge in [0.25, 0.3) is 0 Å². The number of anilines is 2. The Hall–Kier alpha value is -2.26. The van der Waals surface area contributed by atoms with E-state index in [-0.39, 0.29) is 29.2 Å². The van der Waals surface area contributed by atoms with Gasteiger partial charge in [-0.15, -0.1) is 11.3 Å². The van der Waals surface area contributed by atoms with Gasteiger partial charge in [0, 0.05) is 9.75 Å². The fourth-order valence-corrected chi connectivity index (χ4v) is 2.79. The number of nitrogens with one attached hydrogen (secondary N) is 2. The van der Waals surface area contributed by atoms with Crippen LogP contribution in [0.5, 0.6) is 0 Å². The highest BCUT2D eigenvalue weighted by atomic mass is 32.1. The Kier molecular flexibility index (Phi) is 4.34. The highest BCUT2D eigenvalue weighted by Gasteiger charge is 2.23. The van der Waals surface area contributed by atoms with Gasteiger partial charge in [0.1, 0.15) is 5.69 Å². The molecule has 2 aromatic heterocycles. The predicted octanol–water partition coefficient (Wildman–Crippen LogP) is 2.52. The summed E-state index contributed by atoms with van der Waals surface area (Å²) >= 11 is 1.63. The summed E-state index contributed by atoms with van der Waals surface area (Å²) in [5.41, 5.74) is 2.41. The van der Waals surface area contributed by atoms with Crippen molar-refractivity contribution in [2.45, 2.75) is 26.8 Å². The van der Waals surface area contributed by atoms with Crippen molar-refractivity contribution in [3.63, 3.8) is 0 Å². The zero-order chi connectivity index (χ0) is 15.6. The summed E-state index contributed by atoms with van der Waals surface area (Å²) in [6.45, 7) is 5.47. The maximum atomic E-state index is 11.2. The van der Waals surface area contributed by atoms with Crippen molar-refractivity contribution in [2.75, 3.05) is 10.7 Å². The van der Waals surface area contributed by atoms with Crippen molar-refractivity contribution in [1.29, 1.82) is 0 Å². The molecule has 9 heteroatoms. The van der Waals surface area contributed by atoms with Gasteiger partial charge >= 0.3 is 5.69 Å². The molecule has 2 rings (SSSR count). The van der Waals surface area contributed by atoms with E-state index in [1.54, 1.807) is 18.3 Å². The molecule has 21 heavy (non-hydrogen) atoms. The minimum atomic E-state index is -0.496. The first-order chi connectivity index (χ1) is 9.92. The number of nitrogens with zero attached hydrogens (tertiary/aromatic N) is 3. The van der Waals surface area contributed by atoms with Gasteiger partial charge < -0.3 is 5.32 Å². The topological polar surface area (TPSA) is 119 Å². The van der Waals surface area contributed by atoms with Crippen molar-refractivity contribution in [3.05, 3.63) is 37.7 Å². The van der Waals surface area contributed by atoms with E-state index in [2.05, 4.69) is 20.7 Å². The van der Waals surface area contributed by atoms with Crippen LogP contribution in [0.15, 0.2) is 12.1 Å². The maximum absolute atomic E-state index is 11.2. The number of hydrazine groups is 1. The summed E-state index contributed by atoms with van der Waals surface area (Å²) in [4.78, 5) is 20.9. The van der Waals surface area contributed by atoms with Crippen LogP contribution in [-0.2, 0) is 0 Å². The highest BCUT2D eigenvalue weighted by molar-refractivity contribution is 7.12. The molecule has 0 radical (unpaired) electrons. The molecule has 0 bridgehead atoms. The second-order valence-electron chi connectivity index (χ2n) is 4.55. The second kappa shape index (κ2) is 6.02. The zero-order valence-electron chi connectivity index (χ0n) is 11.9. The number of nitrogen functional groups attached to an aromatic ring is 1. The van der Waals surface area contributed by atoms with Crippen LogP contribution >= 0.6 is 11.3 Å². The van der Waals surface area contributed by atoms with E-state index in [1.165, 1.54) is 4.88 Å². The quantitative estimate of drug-likeness (QED) is 0.441. The minimum absolute atomic E-state index is 0.109. The van der Waals surface area contributed by atoms with Crippen LogP contribution in [0.4, 0.5) is 17.5 Å². The van der Waals surface area contributed by atoms with Crippen LogP contribution in [0.3, 0.4) is 0 Å². The molecule has 0 spiro atoms. The van der Waals surface area contributed by atoms with Gasteiger partial charge in [0.2, 0.25) is 11.8 Å². The molecule has 0 aromatic carbocycles. The number of nitrogens with two attached hydrogens (primary N) is 1. The summed E-state index contributed by atoms with van der Waals surface area (Å²) in [5.74, 6) is 5.57. The molecular weight excluding hydrogens is 292 g/mol. The van der Waals surface area contributed by atoms with Crippen molar-refractivity contribution in [1.82, 2.24) is 9.97 Å². The second-order valence-corrected chi connectivity index (χ2v) is 5.87. The van der Waals surface area contributed by atoms with Crippen LogP contribution in [0.2, 0.25) is 0 Å². The average molecular weight is 308 g/mol. The third kappa shape index (κ3) is 3.26. The first-order valence-corrected chi connectivity index (χ1v) is 7.06. The van der Waals surface area contributed by atoms with Gasteiger partial charge in [0.15, 0.2) is 0 Å². The number of hydrogen-bond acceptors (Lipinski definition) is 8. The van der Waals surface area contributed by atoms with E-state index in [9.17, 15) is 10.1 Å². The van der Waals surface area contributed by atoms with Crippen LogP contribution in [-0.4, -0.2) is 14.9 Å². The summed E-state index contributed by atoms with van der Waals surface area (Å²) in [5, 5.41) is 14.3. The molecule has 112 valence electrons. The van der Waals surface area contributed by atoms with Crippen molar-refractivity contribution in [2.24, 2.45) is 5.84 Å². The normalized spacial score (nSPS) is 12.0. The molecule has 2 aromatic rings. The van der Waals surface area contributed by atoms with Crippen LogP contribution in [0.1, 0.15) is 28.4 Å². The third-order valence-corrected chi connectivity index (χ3v) is 4.09. The van der Waals surface area contributed by atoms with E-state index >= 15 is 0 Å². The Labute approximate surface area is 125 Å². The zero-order valence-corrected chi connectivity index (χ0v) is 12.7. The van der Waals surface area contributed by atoms with Crippen LogP contribution in [0, 0.1) is 24.0 Å². The SMILES string of the molecule is Cc1ccc(C(C)Nc2nc(NN)nc(C)c2[N+](=O)[O-])s1. The van der Waals surface area contributed by atoms with E-state index in [0.29, 0.717) is 0 Å². The molecule has 1 atom stereocenters. The van der Waals surface area contributed by atoms with Crippen LogP contribution in [0.25, 0.3) is 0 Å². The fraction of sp³-hybridized carbons (Fsp3) is 0.333. The molecule has 0 saturated carbocycles. The highest BCUT2D eigenvalue weighted by Crippen LogP contribution is 2.31. The number of hydrogen-bond donors (Lipinski definition) is 3. The Morgan fingerprint density at radius 2 is 2.10 bits per heavy atom. The van der Waals surface area contributed by atoms with E-state index in [0.717, 1.165) is 4.88 Å². The molecule has 0 aliphatic heterocycles. The molecule has 0 fully saturated rings. The summed E-state index contributed by atoms with van der Waals surface area (Å²) in [6, 6.07) is 3.88. The Balaban J connectivity index is 2.37. The first kappa shape index (κ1) is 15.1. The monoisotopic (exact) mass is 308 g/mol. The lowest BCUT2D eigenvalue weighted by atomic mass is 10.2. The number of aromatic nitrogens is 2. The molecule has 4 N–H and O–H groups in total. The van der Waals surface area contributed by atoms with E-state index in [4.69, 9.17) is 5.84 Å². The lowest BCUT2D eigenvalue weighted by Gasteiger charge is -2.14.